The Balaban J connectivity index is 1.69. The molecule has 21 heavy (non-hydrogen) atoms. The first-order valence-electron chi connectivity index (χ1n) is 6.88. The van der Waals surface area contributed by atoms with Crippen LogP contribution in [0.4, 0.5) is 5.69 Å². The van der Waals surface area contributed by atoms with E-state index in [4.69, 9.17) is 0 Å². The number of carbonyl (C=O) groups excluding carboxylic acids is 2. The van der Waals surface area contributed by atoms with Gasteiger partial charge in [-0.25, -0.2) is 0 Å². The summed E-state index contributed by atoms with van der Waals surface area (Å²) in [5.41, 5.74) is 4.47. The molecule has 1 heterocycles. The summed E-state index contributed by atoms with van der Waals surface area (Å²) in [6.07, 6.45) is 0.389. The third-order valence-corrected chi connectivity index (χ3v) is 3.53. The van der Waals surface area contributed by atoms with E-state index >= 15 is 0 Å². The fourth-order valence-corrected chi connectivity index (χ4v) is 2.46. The van der Waals surface area contributed by atoms with Crippen molar-refractivity contribution in [2.45, 2.75) is 19.9 Å². The van der Waals surface area contributed by atoms with Crippen LogP contribution in [0, 0.1) is 6.92 Å². The van der Waals surface area contributed by atoms with Crippen molar-refractivity contribution in [1.82, 2.24) is 5.32 Å². The molecular formula is C17H16N2O2. The molecule has 0 unspecified atom stereocenters. The molecule has 2 aromatic carbocycles. The second kappa shape index (κ2) is 5.40. The van der Waals surface area contributed by atoms with Gasteiger partial charge in [0.25, 0.3) is 5.91 Å². The standard InChI is InChI=1S/C17H16N2O2/c1-11-3-2-4-12(7-11)10-18-17(21)14-6-5-13-9-16(20)19-15(13)8-14/h2-8H,9-10H2,1H3,(H,18,21)(H,19,20). The molecule has 4 heteroatoms. The molecule has 2 amide bonds. The van der Waals surface area contributed by atoms with Crippen LogP contribution in [0.2, 0.25) is 0 Å². The lowest BCUT2D eigenvalue weighted by Gasteiger charge is -2.07. The molecule has 1 aliphatic rings. The number of fused-ring (bicyclic) bond motifs is 1. The molecule has 0 aromatic heterocycles. The Morgan fingerprint density at radius 2 is 2.10 bits per heavy atom. The van der Waals surface area contributed by atoms with Gasteiger partial charge in [0.2, 0.25) is 5.91 Å². The lowest BCUT2D eigenvalue weighted by molar-refractivity contribution is -0.115. The maximum absolute atomic E-state index is 12.2. The van der Waals surface area contributed by atoms with Crippen molar-refractivity contribution in [2.24, 2.45) is 0 Å². The van der Waals surface area contributed by atoms with Gasteiger partial charge in [0.15, 0.2) is 0 Å². The Morgan fingerprint density at radius 3 is 2.90 bits per heavy atom. The largest absolute Gasteiger partial charge is 0.348 e. The zero-order valence-corrected chi connectivity index (χ0v) is 11.8. The predicted molar refractivity (Wildman–Crippen MR) is 81.1 cm³/mol. The SMILES string of the molecule is Cc1cccc(CNC(=O)c2ccc3c(c2)NC(=O)C3)c1. The third kappa shape index (κ3) is 2.94. The van der Waals surface area contributed by atoms with Crippen molar-refractivity contribution < 1.29 is 9.59 Å². The average Bonchev–Trinajstić information content (AvgIpc) is 2.84. The number of carbonyl (C=O) groups is 2. The average molecular weight is 280 g/mol. The van der Waals surface area contributed by atoms with E-state index in [0.29, 0.717) is 18.5 Å². The maximum atomic E-state index is 12.2. The zero-order valence-electron chi connectivity index (χ0n) is 11.8. The minimum atomic E-state index is -0.138. The molecule has 0 bridgehead atoms. The van der Waals surface area contributed by atoms with Gasteiger partial charge in [0.05, 0.1) is 6.42 Å². The van der Waals surface area contributed by atoms with Crippen LogP contribution < -0.4 is 10.6 Å². The monoisotopic (exact) mass is 280 g/mol. The van der Waals surface area contributed by atoms with Gasteiger partial charge >= 0.3 is 0 Å². The smallest absolute Gasteiger partial charge is 0.251 e. The van der Waals surface area contributed by atoms with Crippen molar-refractivity contribution in [3.8, 4) is 0 Å². The molecule has 0 fully saturated rings. The highest BCUT2D eigenvalue weighted by molar-refractivity contribution is 6.02. The number of hydrogen-bond donors (Lipinski definition) is 2. The molecule has 1 aliphatic heterocycles. The van der Waals surface area contributed by atoms with Crippen LogP contribution in [-0.4, -0.2) is 11.8 Å². The predicted octanol–water partition coefficient (Wildman–Crippen LogP) is 2.42. The molecule has 2 N–H and O–H groups in total. The number of anilines is 1. The van der Waals surface area contributed by atoms with Gasteiger partial charge in [-0.05, 0) is 30.2 Å². The number of hydrogen-bond acceptors (Lipinski definition) is 2. The van der Waals surface area contributed by atoms with Crippen molar-refractivity contribution in [3.63, 3.8) is 0 Å². The molecule has 0 saturated heterocycles. The first kappa shape index (κ1) is 13.4. The van der Waals surface area contributed by atoms with Gasteiger partial charge in [0, 0.05) is 17.8 Å². The number of nitrogens with one attached hydrogen (secondary N) is 2. The van der Waals surface area contributed by atoms with E-state index < -0.39 is 0 Å². The fraction of sp³-hybridized carbons (Fsp3) is 0.176. The van der Waals surface area contributed by atoms with Gasteiger partial charge in [-0.2, -0.15) is 0 Å². The highest BCUT2D eigenvalue weighted by atomic mass is 16.2. The highest BCUT2D eigenvalue weighted by Crippen LogP contribution is 2.23. The molecule has 0 saturated carbocycles. The van der Waals surface area contributed by atoms with Crippen molar-refractivity contribution in [1.29, 1.82) is 0 Å². The van der Waals surface area contributed by atoms with E-state index in [1.807, 2.05) is 37.3 Å². The van der Waals surface area contributed by atoms with E-state index in [1.165, 1.54) is 5.56 Å². The highest BCUT2D eigenvalue weighted by Gasteiger charge is 2.18. The second-order valence-corrected chi connectivity index (χ2v) is 5.27. The topological polar surface area (TPSA) is 58.2 Å². The van der Waals surface area contributed by atoms with Crippen LogP contribution in [0.3, 0.4) is 0 Å². The Hall–Kier alpha value is -2.62. The molecule has 2 aromatic rings. The Labute approximate surface area is 123 Å². The number of benzene rings is 2. The summed E-state index contributed by atoms with van der Waals surface area (Å²) in [6, 6.07) is 13.3. The molecule has 0 aliphatic carbocycles. The lowest BCUT2D eigenvalue weighted by Crippen LogP contribution is -2.22. The van der Waals surface area contributed by atoms with Gasteiger partial charge in [-0.15, -0.1) is 0 Å². The molecule has 4 nitrogen and oxygen atoms in total. The minimum Gasteiger partial charge on any atom is -0.348 e. The summed E-state index contributed by atoms with van der Waals surface area (Å²) in [6.45, 7) is 2.51. The second-order valence-electron chi connectivity index (χ2n) is 5.27. The fourth-order valence-electron chi connectivity index (χ4n) is 2.46. The van der Waals surface area contributed by atoms with Gasteiger partial charge in [-0.3, -0.25) is 9.59 Å². The third-order valence-electron chi connectivity index (χ3n) is 3.53. The summed E-state index contributed by atoms with van der Waals surface area (Å²) in [5, 5.41) is 5.65. The first-order valence-corrected chi connectivity index (χ1v) is 6.88. The maximum Gasteiger partial charge on any atom is 0.251 e. The summed E-state index contributed by atoms with van der Waals surface area (Å²) in [5.74, 6) is -0.164. The van der Waals surface area contributed by atoms with Crippen LogP contribution in [0.5, 0.6) is 0 Å². The quantitative estimate of drug-likeness (QED) is 0.907. The lowest BCUT2D eigenvalue weighted by atomic mass is 10.1. The van der Waals surface area contributed by atoms with Gasteiger partial charge < -0.3 is 10.6 Å². The first-order chi connectivity index (χ1) is 10.1. The van der Waals surface area contributed by atoms with E-state index in [9.17, 15) is 9.59 Å². The van der Waals surface area contributed by atoms with Crippen molar-refractivity contribution in [3.05, 3.63) is 64.7 Å². The molecule has 0 radical (unpaired) electrons. The molecular weight excluding hydrogens is 264 g/mol. The molecule has 3 rings (SSSR count). The number of amides is 2. The molecule has 106 valence electrons. The summed E-state index contributed by atoms with van der Waals surface area (Å²) < 4.78 is 0. The van der Waals surface area contributed by atoms with E-state index in [1.54, 1.807) is 12.1 Å². The van der Waals surface area contributed by atoms with E-state index in [-0.39, 0.29) is 11.8 Å². The van der Waals surface area contributed by atoms with Crippen LogP contribution in [0.25, 0.3) is 0 Å². The van der Waals surface area contributed by atoms with Gasteiger partial charge in [0.1, 0.15) is 0 Å². The van der Waals surface area contributed by atoms with Gasteiger partial charge in [-0.1, -0.05) is 35.9 Å². The number of aryl methyl sites for hydroxylation is 1. The minimum absolute atomic E-state index is 0.0256. The summed E-state index contributed by atoms with van der Waals surface area (Å²) >= 11 is 0. The Kier molecular flexibility index (Phi) is 3.44. The van der Waals surface area contributed by atoms with E-state index in [2.05, 4.69) is 10.6 Å². The molecule has 0 atom stereocenters. The van der Waals surface area contributed by atoms with Crippen LogP contribution >= 0.6 is 0 Å². The van der Waals surface area contributed by atoms with Crippen molar-refractivity contribution in [2.75, 3.05) is 5.32 Å². The van der Waals surface area contributed by atoms with E-state index in [0.717, 1.165) is 16.8 Å². The van der Waals surface area contributed by atoms with Crippen LogP contribution in [-0.2, 0) is 17.8 Å². The summed E-state index contributed by atoms with van der Waals surface area (Å²) in [4.78, 5) is 23.5. The van der Waals surface area contributed by atoms with Crippen molar-refractivity contribution >= 4 is 17.5 Å². The Morgan fingerprint density at radius 1 is 1.24 bits per heavy atom. The Bertz CT molecular complexity index is 722. The zero-order chi connectivity index (χ0) is 14.8. The van der Waals surface area contributed by atoms with Crippen LogP contribution in [0.1, 0.15) is 27.0 Å². The van der Waals surface area contributed by atoms with Crippen LogP contribution in [0.15, 0.2) is 42.5 Å². The number of rotatable bonds is 3. The molecule has 0 spiro atoms. The normalized spacial score (nSPS) is 12.7. The summed E-state index contributed by atoms with van der Waals surface area (Å²) in [7, 11) is 0.